The van der Waals surface area contributed by atoms with Crippen molar-refractivity contribution in [3.8, 4) is 0 Å². The van der Waals surface area contributed by atoms with Gasteiger partial charge in [0.15, 0.2) is 0 Å². The van der Waals surface area contributed by atoms with E-state index in [0.717, 1.165) is 26.2 Å². The Morgan fingerprint density at radius 2 is 1.09 bits per heavy atom. The van der Waals surface area contributed by atoms with Crippen LogP contribution in [0.2, 0.25) is 0 Å². The molecule has 0 saturated carbocycles. The van der Waals surface area contributed by atoms with Crippen molar-refractivity contribution >= 4 is 23.7 Å². The van der Waals surface area contributed by atoms with Gasteiger partial charge in [0.1, 0.15) is 18.1 Å². The van der Waals surface area contributed by atoms with Gasteiger partial charge in [-0.15, -0.1) is 0 Å². The highest BCUT2D eigenvalue weighted by molar-refractivity contribution is 5.93. The zero-order chi connectivity index (χ0) is 26.7. The van der Waals surface area contributed by atoms with Crippen molar-refractivity contribution in [1.29, 1.82) is 0 Å². The molecule has 3 atom stereocenters. The summed E-state index contributed by atoms with van der Waals surface area (Å²) in [5.41, 5.74) is 0. The van der Waals surface area contributed by atoms with Crippen molar-refractivity contribution in [3.63, 3.8) is 0 Å². The van der Waals surface area contributed by atoms with E-state index in [1.807, 2.05) is 48.6 Å². The lowest BCUT2D eigenvalue weighted by Gasteiger charge is -2.32. The summed E-state index contributed by atoms with van der Waals surface area (Å²) < 4.78 is 0. The van der Waals surface area contributed by atoms with Crippen LogP contribution in [0.4, 0.5) is 0 Å². The second-order valence-corrected chi connectivity index (χ2v) is 11.0. The van der Waals surface area contributed by atoms with Crippen LogP contribution in [0.25, 0.3) is 0 Å². The first-order valence-electron chi connectivity index (χ1n) is 12.8. The summed E-state index contributed by atoms with van der Waals surface area (Å²) >= 11 is 0. The number of carbonyl (C=O) groups is 4. The lowest BCUT2D eigenvalue weighted by molar-refractivity contribution is -0.143. The maximum absolute atomic E-state index is 13.2. The van der Waals surface area contributed by atoms with Crippen molar-refractivity contribution in [3.05, 3.63) is 0 Å². The number of carboxylic acids is 1. The van der Waals surface area contributed by atoms with Crippen LogP contribution in [0.3, 0.4) is 0 Å². The van der Waals surface area contributed by atoms with Crippen molar-refractivity contribution in [2.45, 2.75) is 78.9 Å². The summed E-state index contributed by atoms with van der Waals surface area (Å²) in [5, 5.41) is 17.7. The molecule has 3 amide bonds. The Hall–Kier alpha value is -2.20. The number of hydrogen-bond donors (Lipinski definition) is 4. The molecule has 0 radical (unpaired) electrons. The van der Waals surface area contributed by atoms with E-state index in [4.69, 9.17) is 0 Å². The van der Waals surface area contributed by atoms with Crippen LogP contribution in [0.5, 0.6) is 0 Å². The Bertz CT molecular complexity index is 704. The zero-order valence-corrected chi connectivity index (χ0v) is 22.6. The highest BCUT2D eigenvalue weighted by atomic mass is 16.4. The van der Waals surface area contributed by atoms with Crippen LogP contribution >= 0.6 is 0 Å². The largest absolute Gasteiger partial charge is 0.480 e. The third-order valence-electron chi connectivity index (χ3n) is 5.98. The number of nitrogens with zero attached hydrogens (tertiary/aromatic N) is 2. The molecule has 3 unspecified atom stereocenters. The van der Waals surface area contributed by atoms with Crippen molar-refractivity contribution in [2.24, 2.45) is 17.8 Å². The molecule has 0 spiro atoms. The van der Waals surface area contributed by atoms with Crippen LogP contribution in [0, 0.1) is 17.8 Å². The molecule has 202 valence electrons. The fourth-order valence-corrected chi connectivity index (χ4v) is 4.09. The first-order valence-corrected chi connectivity index (χ1v) is 12.8. The predicted octanol–water partition coefficient (Wildman–Crippen LogP) is 0.911. The molecular weight excluding hydrogens is 450 g/mol. The number of rotatable bonds is 14. The maximum Gasteiger partial charge on any atom is 0.326 e. The van der Waals surface area contributed by atoms with Gasteiger partial charge in [0.05, 0.1) is 6.54 Å². The quantitative estimate of drug-likeness (QED) is 0.281. The third kappa shape index (κ3) is 12.4. The second kappa shape index (κ2) is 15.0. The van der Waals surface area contributed by atoms with Gasteiger partial charge in [0.25, 0.3) is 0 Å². The molecule has 1 fully saturated rings. The van der Waals surface area contributed by atoms with E-state index in [-0.39, 0.29) is 30.2 Å². The van der Waals surface area contributed by atoms with E-state index in [9.17, 15) is 24.3 Å². The first kappa shape index (κ1) is 30.8. The lowest BCUT2D eigenvalue weighted by atomic mass is 9.99. The molecule has 4 N–H and O–H groups in total. The van der Waals surface area contributed by atoms with E-state index >= 15 is 0 Å². The Morgan fingerprint density at radius 1 is 0.686 bits per heavy atom. The molecule has 1 saturated heterocycles. The van der Waals surface area contributed by atoms with E-state index in [2.05, 4.69) is 25.8 Å². The normalized spacial score (nSPS) is 17.8. The van der Waals surface area contributed by atoms with Crippen molar-refractivity contribution < 1.29 is 24.3 Å². The minimum Gasteiger partial charge on any atom is -0.480 e. The van der Waals surface area contributed by atoms with Crippen LogP contribution in [0.15, 0.2) is 0 Å². The highest BCUT2D eigenvalue weighted by Crippen LogP contribution is 2.11. The van der Waals surface area contributed by atoms with Gasteiger partial charge in [-0.3, -0.25) is 19.3 Å². The molecular formula is C25H47N5O5. The number of aliphatic carboxylic acids is 1. The van der Waals surface area contributed by atoms with Gasteiger partial charge in [0.2, 0.25) is 17.7 Å². The van der Waals surface area contributed by atoms with E-state index in [0.29, 0.717) is 19.3 Å². The molecule has 10 heteroatoms. The van der Waals surface area contributed by atoms with Crippen LogP contribution < -0.4 is 16.0 Å². The monoisotopic (exact) mass is 497 g/mol. The number of piperazine rings is 1. The summed E-state index contributed by atoms with van der Waals surface area (Å²) in [6.07, 6.45) is 1.08. The van der Waals surface area contributed by atoms with Crippen LogP contribution in [-0.2, 0) is 19.2 Å². The molecule has 1 heterocycles. The minimum atomic E-state index is -1.10. The molecule has 0 aromatic rings. The molecule has 1 rings (SSSR count). The lowest BCUT2D eigenvalue weighted by Crippen LogP contribution is -2.57. The third-order valence-corrected chi connectivity index (χ3v) is 5.98. The second-order valence-electron chi connectivity index (χ2n) is 11.0. The van der Waals surface area contributed by atoms with Gasteiger partial charge >= 0.3 is 5.97 Å². The van der Waals surface area contributed by atoms with Crippen LogP contribution in [-0.4, -0.2) is 96.5 Å². The van der Waals surface area contributed by atoms with E-state index < -0.39 is 35.9 Å². The summed E-state index contributed by atoms with van der Waals surface area (Å²) in [7, 11) is 2.05. The average molecular weight is 498 g/mol. The Balaban J connectivity index is 2.87. The number of hydrogen-bond acceptors (Lipinski definition) is 6. The van der Waals surface area contributed by atoms with Crippen molar-refractivity contribution in [1.82, 2.24) is 25.8 Å². The van der Waals surface area contributed by atoms with Crippen LogP contribution in [0.1, 0.15) is 60.8 Å². The maximum atomic E-state index is 13.2. The summed E-state index contributed by atoms with van der Waals surface area (Å²) in [4.78, 5) is 54.8. The smallest absolute Gasteiger partial charge is 0.326 e. The molecule has 1 aliphatic rings. The van der Waals surface area contributed by atoms with Gasteiger partial charge in [-0.25, -0.2) is 4.79 Å². The topological polar surface area (TPSA) is 131 Å². The number of likely N-dealkylation sites (N-methyl/N-ethyl adjacent to an activating group) is 1. The number of nitrogens with one attached hydrogen (secondary N) is 3. The minimum absolute atomic E-state index is 0.0838. The fourth-order valence-electron chi connectivity index (χ4n) is 4.09. The SMILES string of the molecule is CC(C)CC(NC(=O)C(CC(C)C)NC(=O)C(CC(C)C)NC(=O)CN1CCN(C)CC1)C(=O)O. The van der Waals surface area contributed by atoms with Gasteiger partial charge in [-0.2, -0.15) is 0 Å². The molecule has 10 nitrogen and oxygen atoms in total. The van der Waals surface area contributed by atoms with E-state index in [1.165, 1.54) is 0 Å². The Labute approximate surface area is 210 Å². The standard InChI is InChI=1S/C25H47N5O5/c1-16(2)12-19(26-22(31)15-30-10-8-29(7)9-11-30)23(32)27-20(13-17(3)4)24(33)28-21(25(34)35)14-18(5)6/h16-21H,8-15H2,1-7H3,(H,26,31)(H,27,32)(H,28,33)(H,34,35). The average Bonchev–Trinajstić information content (AvgIpc) is 2.72. The number of amides is 3. The number of carbonyl (C=O) groups excluding carboxylic acids is 3. The van der Waals surface area contributed by atoms with Gasteiger partial charge < -0.3 is 26.0 Å². The predicted molar refractivity (Wildman–Crippen MR) is 136 cm³/mol. The summed E-state index contributed by atoms with van der Waals surface area (Å²) in [6.45, 7) is 15.2. The number of carboxylic acid groups (broad SMARTS) is 1. The van der Waals surface area contributed by atoms with Gasteiger partial charge in [-0.05, 0) is 44.1 Å². The molecule has 0 aromatic carbocycles. The van der Waals surface area contributed by atoms with Gasteiger partial charge in [0, 0.05) is 26.2 Å². The molecule has 0 aliphatic carbocycles. The van der Waals surface area contributed by atoms with Crippen molar-refractivity contribution in [2.75, 3.05) is 39.8 Å². The summed E-state index contributed by atoms with van der Waals surface area (Å²) in [6, 6.07) is -2.69. The molecule has 35 heavy (non-hydrogen) atoms. The molecule has 0 bridgehead atoms. The summed E-state index contributed by atoms with van der Waals surface area (Å²) in [5.74, 6) is -1.95. The molecule has 0 aromatic heterocycles. The highest BCUT2D eigenvalue weighted by Gasteiger charge is 2.31. The Morgan fingerprint density at radius 3 is 1.51 bits per heavy atom. The first-order chi connectivity index (χ1) is 16.3. The molecule has 1 aliphatic heterocycles. The Kier molecular flexibility index (Phi) is 13.2. The fraction of sp³-hybridized carbons (Fsp3) is 0.840. The zero-order valence-electron chi connectivity index (χ0n) is 22.6. The van der Waals surface area contributed by atoms with Gasteiger partial charge in [-0.1, -0.05) is 41.5 Å². The van der Waals surface area contributed by atoms with E-state index in [1.54, 1.807) is 0 Å².